The van der Waals surface area contributed by atoms with Gasteiger partial charge >= 0.3 is 12.1 Å². The zero-order valence-electron chi connectivity index (χ0n) is 16.9. The van der Waals surface area contributed by atoms with Gasteiger partial charge in [-0.25, -0.2) is 9.59 Å². The molecule has 4 rings (SSSR count). The molecule has 6 atom stereocenters. The zero-order chi connectivity index (χ0) is 21.5. The maximum absolute atomic E-state index is 13.0. The Bertz CT molecular complexity index is 805. The van der Waals surface area contributed by atoms with Crippen molar-refractivity contribution in [3.63, 3.8) is 0 Å². The van der Waals surface area contributed by atoms with Crippen LogP contribution in [0.4, 0.5) is 4.79 Å². The van der Waals surface area contributed by atoms with Crippen molar-refractivity contribution in [1.29, 1.82) is 0 Å². The van der Waals surface area contributed by atoms with Gasteiger partial charge in [0.2, 0.25) is 4.93 Å². The predicted molar refractivity (Wildman–Crippen MR) is 105 cm³/mol. The summed E-state index contributed by atoms with van der Waals surface area (Å²) in [4.78, 5) is 24.3. The number of rotatable bonds is 5. The molecule has 1 aromatic rings. The average Bonchev–Trinajstić information content (AvgIpc) is 3.25. The summed E-state index contributed by atoms with van der Waals surface area (Å²) < 4.78 is 28.7. The number of alkyl carbamates (subject to hydrolysis) is 1. The first-order valence-corrected chi connectivity index (χ1v) is 10.5. The molecule has 1 amide bonds. The van der Waals surface area contributed by atoms with E-state index in [1.165, 1.54) is 18.9 Å². The summed E-state index contributed by atoms with van der Waals surface area (Å²) in [6.07, 6.45) is -3.39. The Hall–Kier alpha value is -1.85. The van der Waals surface area contributed by atoms with Gasteiger partial charge in [0.05, 0.1) is 19.8 Å². The van der Waals surface area contributed by atoms with Crippen molar-refractivity contribution in [3.05, 3.63) is 30.3 Å². The van der Waals surface area contributed by atoms with Crippen LogP contribution in [0.1, 0.15) is 20.3 Å². The molecule has 0 saturated carbocycles. The number of fused-ring (bicyclic) bond motifs is 1. The van der Waals surface area contributed by atoms with E-state index in [1.54, 1.807) is 13.8 Å². The van der Waals surface area contributed by atoms with Crippen LogP contribution < -0.4 is 5.32 Å². The van der Waals surface area contributed by atoms with Crippen LogP contribution in [0.3, 0.4) is 0 Å². The van der Waals surface area contributed by atoms with Gasteiger partial charge in [0.1, 0.15) is 24.4 Å². The van der Waals surface area contributed by atoms with Crippen molar-refractivity contribution in [2.45, 2.75) is 66.3 Å². The van der Waals surface area contributed by atoms with E-state index in [0.717, 1.165) is 4.90 Å². The van der Waals surface area contributed by atoms with E-state index in [4.69, 9.17) is 23.7 Å². The highest BCUT2D eigenvalue weighted by atomic mass is 32.2. The lowest BCUT2D eigenvalue weighted by Crippen LogP contribution is -2.63. The topological polar surface area (TPSA) is 113 Å². The third-order valence-electron chi connectivity index (χ3n) is 5.34. The molecule has 2 N–H and O–H groups in total. The first-order valence-electron chi connectivity index (χ1n) is 9.71. The molecule has 0 radical (unpaired) electrons. The molecular formula is C20H25NO8S. The lowest BCUT2D eigenvalue weighted by Gasteiger charge is -2.44. The highest BCUT2D eigenvalue weighted by Crippen LogP contribution is 2.47. The SMILES string of the molecule is COC(=O)[C@@]1(Sc2ccccc2)C[C@@H]2OC(=O)N[C@H]2[C@H]([C@@H]2OC(C)(C)O[C@@H]2CO)O1. The molecule has 3 saturated heterocycles. The van der Waals surface area contributed by atoms with E-state index in [2.05, 4.69) is 5.32 Å². The summed E-state index contributed by atoms with van der Waals surface area (Å²) in [5.41, 5.74) is 0. The van der Waals surface area contributed by atoms with Gasteiger partial charge in [-0.2, -0.15) is 0 Å². The number of hydrogen-bond donors (Lipinski definition) is 2. The predicted octanol–water partition coefficient (Wildman–Crippen LogP) is 1.43. The highest BCUT2D eigenvalue weighted by Gasteiger charge is 2.61. The molecule has 10 heteroatoms. The van der Waals surface area contributed by atoms with Gasteiger partial charge in [0.15, 0.2) is 5.79 Å². The fraction of sp³-hybridized carbons (Fsp3) is 0.600. The molecule has 0 aliphatic carbocycles. The van der Waals surface area contributed by atoms with E-state index in [0.29, 0.717) is 0 Å². The number of esters is 1. The quantitative estimate of drug-likeness (QED) is 0.658. The minimum atomic E-state index is -1.47. The second-order valence-electron chi connectivity index (χ2n) is 7.88. The van der Waals surface area contributed by atoms with Crippen molar-refractivity contribution in [1.82, 2.24) is 5.32 Å². The molecule has 3 aliphatic heterocycles. The number of hydrogen-bond acceptors (Lipinski definition) is 9. The third-order valence-corrected chi connectivity index (χ3v) is 6.61. The molecule has 3 aliphatic rings. The Morgan fingerprint density at radius 2 is 1.97 bits per heavy atom. The van der Waals surface area contributed by atoms with Gasteiger partial charge < -0.3 is 34.1 Å². The average molecular weight is 439 g/mol. The number of carbonyl (C=O) groups excluding carboxylic acids is 2. The molecule has 9 nitrogen and oxygen atoms in total. The summed E-state index contributed by atoms with van der Waals surface area (Å²) in [5.74, 6) is -1.56. The van der Waals surface area contributed by atoms with Crippen molar-refractivity contribution in [3.8, 4) is 0 Å². The first kappa shape index (κ1) is 21.4. The van der Waals surface area contributed by atoms with Crippen molar-refractivity contribution in [2.75, 3.05) is 13.7 Å². The number of aliphatic hydroxyl groups is 1. The van der Waals surface area contributed by atoms with E-state index in [-0.39, 0.29) is 13.0 Å². The first-order chi connectivity index (χ1) is 14.3. The van der Waals surface area contributed by atoms with E-state index in [1.807, 2.05) is 30.3 Å². The van der Waals surface area contributed by atoms with Crippen LogP contribution in [0.2, 0.25) is 0 Å². The van der Waals surface area contributed by atoms with Crippen LogP contribution in [0.25, 0.3) is 0 Å². The van der Waals surface area contributed by atoms with E-state index >= 15 is 0 Å². The molecule has 3 fully saturated rings. The Morgan fingerprint density at radius 1 is 1.23 bits per heavy atom. The fourth-order valence-corrected chi connectivity index (χ4v) is 5.42. The number of methoxy groups -OCH3 is 1. The Kier molecular flexibility index (Phi) is 5.71. The number of thioether (sulfide) groups is 1. The van der Waals surface area contributed by atoms with Crippen molar-refractivity contribution >= 4 is 23.8 Å². The minimum Gasteiger partial charge on any atom is -0.466 e. The van der Waals surface area contributed by atoms with Gasteiger partial charge in [0.25, 0.3) is 0 Å². The Labute approximate surface area is 178 Å². The van der Waals surface area contributed by atoms with Crippen LogP contribution in [0.5, 0.6) is 0 Å². The summed E-state index contributed by atoms with van der Waals surface area (Å²) in [7, 11) is 1.29. The monoisotopic (exact) mass is 439 g/mol. The number of benzene rings is 1. The van der Waals surface area contributed by atoms with Gasteiger partial charge in [-0.15, -0.1) is 0 Å². The Balaban J connectivity index is 1.71. The molecule has 164 valence electrons. The number of nitrogens with one attached hydrogen (secondary N) is 1. The van der Waals surface area contributed by atoms with Gasteiger partial charge in [-0.1, -0.05) is 30.0 Å². The standard InChI is InChI=1S/C20H25NO8S/c1-19(2)27-13(10-22)15(28-19)16-14-12(26-18(24)21-14)9-20(29-16,17(23)25-3)30-11-7-5-4-6-8-11/h4-8,12-16,22H,9-10H2,1-3H3,(H,21,24)/t12-,13+,14+,15+,16+,20-/m0/s1. The highest BCUT2D eigenvalue weighted by molar-refractivity contribution is 8.01. The maximum atomic E-state index is 13.0. The van der Waals surface area contributed by atoms with Crippen LogP contribution in [-0.4, -0.2) is 72.1 Å². The number of ether oxygens (including phenoxy) is 5. The lowest BCUT2D eigenvalue weighted by molar-refractivity contribution is -0.202. The smallest absolute Gasteiger partial charge is 0.407 e. The molecule has 0 aromatic heterocycles. The number of amides is 1. The van der Waals surface area contributed by atoms with Crippen molar-refractivity contribution in [2.24, 2.45) is 0 Å². The van der Waals surface area contributed by atoms with E-state index in [9.17, 15) is 14.7 Å². The lowest BCUT2D eigenvalue weighted by atomic mass is 9.90. The molecule has 30 heavy (non-hydrogen) atoms. The molecular weight excluding hydrogens is 414 g/mol. The number of aliphatic hydroxyl groups excluding tert-OH is 1. The molecule has 0 unspecified atom stereocenters. The van der Waals surface area contributed by atoms with Gasteiger partial charge in [-0.05, 0) is 26.0 Å². The molecule has 0 bridgehead atoms. The largest absolute Gasteiger partial charge is 0.466 e. The minimum absolute atomic E-state index is 0.0971. The van der Waals surface area contributed by atoms with E-state index < -0.39 is 53.2 Å². The zero-order valence-corrected chi connectivity index (χ0v) is 17.7. The summed E-state index contributed by atoms with van der Waals surface area (Å²) in [6, 6.07) is 8.72. The Morgan fingerprint density at radius 3 is 2.63 bits per heavy atom. The van der Waals surface area contributed by atoms with Gasteiger partial charge in [-0.3, -0.25) is 0 Å². The van der Waals surface area contributed by atoms with Crippen molar-refractivity contribution < 1.29 is 38.4 Å². The van der Waals surface area contributed by atoms with Gasteiger partial charge in [0, 0.05) is 11.3 Å². The molecule has 1 aromatic carbocycles. The third kappa shape index (κ3) is 3.90. The summed E-state index contributed by atoms with van der Waals surface area (Å²) in [5, 5.41) is 12.6. The fourth-order valence-electron chi connectivity index (χ4n) is 4.17. The normalized spacial score (nSPS) is 37.2. The number of carbonyl (C=O) groups is 2. The van der Waals surface area contributed by atoms with Crippen LogP contribution in [0, 0.1) is 0 Å². The second-order valence-corrected chi connectivity index (χ2v) is 9.22. The summed E-state index contributed by atoms with van der Waals surface area (Å²) >= 11 is 1.19. The van der Waals surface area contributed by atoms with Crippen LogP contribution in [0.15, 0.2) is 35.2 Å². The van der Waals surface area contributed by atoms with Crippen LogP contribution in [-0.2, 0) is 28.5 Å². The molecule has 3 heterocycles. The maximum Gasteiger partial charge on any atom is 0.407 e. The molecule has 0 spiro atoms. The van der Waals surface area contributed by atoms with Crippen LogP contribution >= 0.6 is 11.8 Å². The summed E-state index contributed by atoms with van der Waals surface area (Å²) in [6.45, 7) is 3.15. The second kappa shape index (κ2) is 8.01.